The van der Waals surface area contributed by atoms with E-state index in [-0.39, 0.29) is 24.1 Å². The van der Waals surface area contributed by atoms with Crippen LogP contribution in [0.2, 0.25) is 0 Å². The van der Waals surface area contributed by atoms with Crippen molar-refractivity contribution >= 4 is 16.9 Å². The number of pyridine rings is 2. The highest BCUT2D eigenvalue weighted by Gasteiger charge is 2.42. The van der Waals surface area contributed by atoms with E-state index in [0.717, 1.165) is 16.5 Å². The van der Waals surface area contributed by atoms with Gasteiger partial charge in [-0.2, -0.15) is 5.26 Å². The molecule has 3 heterocycles. The first-order valence-electron chi connectivity index (χ1n) is 8.80. The van der Waals surface area contributed by atoms with Gasteiger partial charge in [0.1, 0.15) is 0 Å². The molecule has 8 heteroatoms. The number of aromatic nitrogens is 2. The number of aliphatic hydroxyl groups excluding tert-OH is 1. The number of benzene rings is 1. The second-order valence-corrected chi connectivity index (χ2v) is 6.75. The SMILES string of the molecule is CC[C@@](O)(C(=O)OO)c1cc2n(c(=O)c1CO)Cc1cc3ccccc3nc1-2. The number of aliphatic hydroxyl groups is 2. The Morgan fingerprint density at radius 2 is 2.07 bits per heavy atom. The molecule has 0 bridgehead atoms. The monoisotopic (exact) mass is 382 g/mol. The van der Waals surface area contributed by atoms with E-state index >= 15 is 0 Å². The summed E-state index contributed by atoms with van der Waals surface area (Å²) >= 11 is 0. The molecule has 0 radical (unpaired) electrons. The van der Waals surface area contributed by atoms with E-state index in [1.165, 1.54) is 17.6 Å². The molecule has 0 unspecified atom stereocenters. The quantitative estimate of drug-likeness (QED) is 0.361. The maximum atomic E-state index is 13.0. The van der Waals surface area contributed by atoms with Gasteiger partial charge in [0.05, 0.1) is 30.1 Å². The molecule has 2 aromatic heterocycles. The molecule has 0 saturated heterocycles. The lowest BCUT2D eigenvalue weighted by atomic mass is 9.87. The average molecular weight is 382 g/mol. The van der Waals surface area contributed by atoms with E-state index in [1.54, 1.807) is 0 Å². The minimum absolute atomic E-state index is 0.101. The van der Waals surface area contributed by atoms with Gasteiger partial charge in [-0.1, -0.05) is 25.1 Å². The van der Waals surface area contributed by atoms with Crippen molar-refractivity contribution in [3.63, 3.8) is 0 Å². The Morgan fingerprint density at radius 1 is 1.32 bits per heavy atom. The summed E-state index contributed by atoms with van der Waals surface area (Å²) in [4.78, 5) is 33.4. The predicted octanol–water partition coefficient (Wildman–Crippen LogP) is 1.53. The highest BCUT2D eigenvalue weighted by atomic mass is 17.1. The fourth-order valence-corrected chi connectivity index (χ4v) is 3.76. The third-order valence-corrected chi connectivity index (χ3v) is 5.31. The van der Waals surface area contributed by atoms with Crippen LogP contribution < -0.4 is 5.56 Å². The summed E-state index contributed by atoms with van der Waals surface area (Å²) < 4.78 is 1.45. The van der Waals surface area contributed by atoms with Gasteiger partial charge >= 0.3 is 5.97 Å². The van der Waals surface area contributed by atoms with Crippen LogP contribution in [0.25, 0.3) is 22.3 Å². The molecule has 0 aliphatic carbocycles. The van der Waals surface area contributed by atoms with Crippen LogP contribution in [-0.4, -0.2) is 31.0 Å². The first-order valence-corrected chi connectivity index (χ1v) is 8.80. The molecule has 0 amide bonds. The second-order valence-electron chi connectivity index (χ2n) is 6.75. The zero-order valence-electron chi connectivity index (χ0n) is 15.0. The number of rotatable bonds is 4. The molecular weight excluding hydrogens is 364 g/mol. The van der Waals surface area contributed by atoms with E-state index in [1.807, 2.05) is 30.3 Å². The Labute approximate surface area is 159 Å². The average Bonchev–Trinajstić information content (AvgIpc) is 3.08. The van der Waals surface area contributed by atoms with Crippen LogP contribution in [0.3, 0.4) is 0 Å². The highest BCUT2D eigenvalue weighted by Crippen LogP contribution is 2.36. The van der Waals surface area contributed by atoms with Crippen molar-refractivity contribution in [3.8, 4) is 11.4 Å². The molecular formula is C20H18N2O6. The number of hydrogen-bond acceptors (Lipinski definition) is 7. The summed E-state index contributed by atoms with van der Waals surface area (Å²) in [5.41, 5.74) is -0.479. The van der Waals surface area contributed by atoms with Gasteiger partial charge in [-0.15, -0.1) is 0 Å². The van der Waals surface area contributed by atoms with Gasteiger partial charge in [0.2, 0.25) is 0 Å². The largest absolute Gasteiger partial charge is 0.391 e. The second kappa shape index (κ2) is 6.52. The van der Waals surface area contributed by atoms with Gasteiger partial charge in [0.15, 0.2) is 5.60 Å². The normalized spacial score (nSPS) is 14.4. The molecule has 3 aromatic rings. The molecule has 144 valence electrons. The molecule has 0 fully saturated rings. The standard InChI is InChI=1S/C20H18N2O6/c1-2-20(26,19(25)28-27)14-8-16-17-12(9-22(16)18(24)13(14)10-23)7-11-5-3-4-6-15(11)21-17/h3-8,23,26-27H,2,9-10H2,1H3/t20-/m0/s1. The predicted molar refractivity (Wildman–Crippen MR) is 99.4 cm³/mol. The summed E-state index contributed by atoms with van der Waals surface area (Å²) in [5, 5.41) is 30.3. The Balaban J connectivity index is 2.02. The fraction of sp³-hybridized carbons (Fsp3) is 0.250. The van der Waals surface area contributed by atoms with Crippen LogP contribution in [0.15, 0.2) is 41.2 Å². The van der Waals surface area contributed by atoms with Gasteiger partial charge in [-0.3, -0.25) is 9.68 Å². The van der Waals surface area contributed by atoms with Crippen molar-refractivity contribution in [1.29, 1.82) is 0 Å². The number of nitrogens with zero attached hydrogens (tertiary/aromatic N) is 2. The molecule has 3 N–H and O–H groups in total. The van der Waals surface area contributed by atoms with Crippen LogP contribution in [0, 0.1) is 0 Å². The molecule has 0 spiro atoms. The lowest BCUT2D eigenvalue weighted by molar-refractivity contribution is -0.253. The molecule has 0 saturated carbocycles. The van der Waals surface area contributed by atoms with Crippen molar-refractivity contribution in [3.05, 3.63) is 63.4 Å². The summed E-state index contributed by atoms with van der Waals surface area (Å²) in [7, 11) is 0. The molecule has 8 nitrogen and oxygen atoms in total. The van der Waals surface area contributed by atoms with Crippen molar-refractivity contribution in [1.82, 2.24) is 9.55 Å². The smallest absolute Gasteiger partial charge is 0.377 e. The summed E-state index contributed by atoms with van der Waals surface area (Å²) in [6.07, 6.45) is -0.166. The minimum atomic E-state index is -2.28. The Kier molecular flexibility index (Phi) is 4.26. The fourth-order valence-electron chi connectivity index (χ4n) is 3.76. The van der Waals surface area contributed by atoms with Gasteiger partial charge in [-0.05, 0) is 24.6 Å². The maximum Gasteiger partial charge on any atom is 0.377 e. The lowest BCUT2D eigenvalue weighted by Crippen LogP contribution is -2.40. The van der Waals surface area contributed by atoms with E-state index in [0.29, 0.717) is 11.4 Å². The highest BCUT2D eigenvalue weighted by molar-refractivity contribution is 5.85. The van der Waals surface area contributed by atoms with E-state index in [4.69, 9.17) is 5.26 Å². The molecule has 1 aliphatic rings. The van der Waals surface area contributed by atoms with Crippen LogP contribution in [0.1, 0.15) is 30.0 Å². The Bertz CT molecular complexity index is 1170. The van der Waals surface area contributed by atoms with E-state index in [9.17, 15) is 19.8 Å². The van der Waals surface area contributed by atoms with Crippen molar-refractivity contribution < 1.29 is 25.2 Å². The summed E-state index contributed by atoms with van der Waals surface area (Å²) in [6.45, 7) is 1.09. The summed E-state index contributed by atoms with van der Waals surface area (Å²) in [6, 6.07) is 10.9. The van der Waals surface area contributed by atoms with Crippen molar-refractivity contribution in [2.75, 3.05) is 0 Å². The third-order valence-electron chi connectivity index (χ3n) is 5.31. The van der Waals surface area contributed by atoms with Crippen LogP contribution in [-0.2, 0) is 28.4 Å². The molecule has 1 aliphatic heterocycles. The lowest BCUT2D eigenvalue weighted by Gasteiger charge is -2.25. The zero-order chi connectivity index (χ0) is 20.1. The van der Waals surface area contributed by atoms with E-state index < -0.39 is 23.7 Å². The summed E-state index contributed by atoms with van der Waals surface area (Å²) in [5.74, 6) is -1.32. The zero-order valence-corrected chi connectivity index (χ0v) is 15.0. The number of hydrogen-bond donors (Lipinski definition) is 3. The first-order chi connectivity index (χ1) is 13.4. The van der Waals surface area contributed by atoms with Crippen LogP contribution in [0.4, 0.5) is 0 Å². The molecule has 1 aromatic carbocycles. The maximum absolute atomic E-state index is 13.0. The molecule has 4 rings (SSSR count). The number of fused-ring (bicyclic) bond motifs is 4. The third kappa shape index (κ3) is 2.46. The topological polar surface area (TPSA) is 122 Å². The van der Waals surface area contributed by atoms with Crippen LogP contribution >= 0.6 is 0 Å². The Morgan fingerprint density at radius 3 is 2.75 bits per heavy atom. The van der Waals surface area contributed by atoms with Gasteiger partial charge < -0.3 is 14.8 Å². The minimum Gasteiger partial charge on any atom is -0.391 e. The number of carbonyl (C=O) groups is 1. The Hall–Kier alpha value is -3.07. The van der Waals surface area contributed by atoms with Gasteiger partial charge in [0.25, 0.3) is 5.56 Å². The first kappa shape index (κ1) is 18.3. The number of para-hydroxylation sites is 1. The van der Waals surface area contributed by atoms with Gasteiger partial charge in [0, 0.05) is 22.1 Å². The van der Waals surface area contributed by atoms with Crippen molar-refractivity contribution in [2.24, 2.45) is 0 Å². The van der Waals surface area contributed by atoms with Gasteiger partial charge in [-0.25, -0.2) is 9.78 Å². The van der Waals surface area contributed by atoms with Crippen LogP contribution in [0.5, 0.6) is 0 Å². The molecule has 1 atom stereocenters. The van der Waals surface area contributed by atoms with Crippen molar-refractivity contribution in [2.45, 2.75) is 32.1 Å². The van der Waals surface area contributed by atoms with E-state index in [2.05, 4.69) is 9.87 Å². The number of carbonyl (C=O) groups excluding carboxylic acids is 1. The molecule has 28 heavy (non-hydrogen) atoms.